The molecule has 1 aliphatic rings. The molecule has 1 N–H and O–H groups in total. The zero-order chi connectivity index (χ0) is 13.1. The summed E-state index contributed by atoms with van der Waals surface area (Å²) in [6.45, 7) is 1.94. The summed E-state index contributed by atoms with van der Waals surface area (Å²) < 4.78 is 1.25. The van der Waals surface area contributed by atoms with Gasteiger partial charge in [-0.2, -0.15) is 0 Å². The third-order valence-corrected chi connectivity index (χ3v) is 3.33. The largest absolute Gasteiger partial charge is 0.480 e. The molecule has 2 rings (SSSR count). The van der Waals surface area contributed by atoms with Crippen LogP contribution in [0.15, 0.2) is 29.2 Å². The molecule has 0 saturated heterocycles. The van der Waals surface area contributed by atoms with E-state index in [0.29, 0.717) is 5.92 Å². The van der Waals surface area contributed by atoms with Crippen LogP contribution in [0.1, 0.15) is 31.7 Å². The Labute approximate surface area is 106 Å². The first kappa shape index (κ1) is 12.6. The molecule has 1 aromatic heterocycles. The number of hydrogen-bond donors (Lipinski definition) is 1. The second-order valence-corrected chi connectivity index (χ2v) is 4.89. The lowest BCUT2D eigenvalue weighted by atomic mass is 9.88. The van der Waals surface area contributed by atoms with Crippen molar-refractivity contribution in [1.29, 1.82) is 0 Å². The van der Waals surface area contributed by atoms with Crippen molar-refractivity contribution in [2.45, 2.75) is 32.7 Å². The van der Waals surface area contributed by atoms with Crippen molar-refractivity contribution >= 4 is 11.5 Å². The van der Waals surface area contributed by atoms with Crippen molar-refractivity contribution in [3.8, 4) is 0 Å². The fourth-order valence-corrected chi connectivity index (χ4v) is 2.22. The van der Waals surface area contributed by atoms with E-state index in [0.717, 1.165) is 24.8 Å². The molecule has 1 aliphatic carbocycles. The maximum absolute atomic E-state index is 11.5. The molecule has 0 bridgehead atoms. The number of aliphatic carboxylic acids is 1. The van der Waals surface area contributed by atoms with E-state index in [4.69, 9.17) is 5.11 Å². The second-order valence-electron chi connectivity index (χ2n) is 4.89. The fourth-order valence-electron chi connectivity index (χ4n) is 2.22. The number of nitrogens with zero attached hydrogens (tertiary/aromatic N) is 1. The summed E-state index contributed by atoms with van der Waals surface area (Å²) >= 11 is 0. The van der Waals surface area contributed by atoms with Crippen LogP contribution in [0, 0.1) is 5.92 Å². The Morgan fingerprint density at radius 3 is 2.89 bits per heavy atom. The number of carboxylic acid groups (broad SMARTS) is 1. The minimum Gasteiger partial charge on any atom is -0.480 e. The molecular weight excluding hydrogens is 230 g/mol. The molecular formula is C14H17NO3. The van der Waals surface area contributed by atoms with Crippen LogP contribution < -0.4 is 5.56 Å². The summed E-state index contributed by atoms with van der Waals surface area (Å²) in [5, 5.41) is 8.75. The molecule has 1 unspecified atom stereocenters. The zero-order valence-corrected chi connectivity index (χ0v) is 10.4. The molecule has 0 aliphatic heterocycles. The topological polar surface area (TPSA) is 59.3 Å². The summed E-state index contributed by atoms with van der Waals surface area (Å²) in [5.74, 6) is -0.292. The van der Waals surface area contributed by atoms with Crippen LogP contribution in [0.2, 0.25) is 0 Å². The van der Waals surface area contributed by atoms with Gasteiger partial charge in [0.15, 0.2) is 0 Å². The monoisotopic (exact) mass is 247 g/mol. The number of pyridine rings is 1. The molecule has 0 amide bonds. The normalized spacial score (nSPS) is 19.4. The van der Waals surface area contributed by atoms with Gasteiger partial charge in [-0.05, 0) is 42.4 Å². The lowest BCUT2D eigenvalue weighted by Crippen LogP contribution is -2.23. The van der Waals surface area contributed by atoms with Gasteiger partial charge < -0.3 is 9.67 Å². The molecule has 0 fully saturated rings. The lowest BCUT2D eigenvalue weighted by Gasteiger charge is -2.18. The van der Waals surface area contributed by atoms with Crippen molar-refractivity contribution in [3.05, 3.63) is 40.3 Å². The highest BCUT2D eigenvalue weighted by molar-refractivity contribution is 5.68. The minimum atomic E-state index is -1.000. The van der Waals surface area contributed by atoms with Gasteiger partial charge in [0.25, 0.3) is 5.56 Å². The van der Waals surface area contributed by atoms with E-state index in [-0.39, 0.29) is 12.1 Å². The van der Waals surface area contributed by atoms with Crippen molar-refractivity contribution in [1.82, 2.24) is 4.57 Å². The number of carboxylic acids is 1. The molecule has 0 spiro atoms. The summed E-state index contributed by atoms with van der Waals surface area (Å²) in [4.78, 5) is 22.2. The first-order valence-corrected chi connectivity index (χ1v) is 6.18. The van der Waals surface area contributed by atoms with Crippen molar-refractivity contribution < 1.29 is 9.90 Å². The Morgan fingerprint density at radius 2 is 2.28 bits per heavy atom. The first-order valence-electron chi connectivity index (χ1n) is 6.18. The lowest BCUT2D eigenvalue weighted by molar-refractivity contribution is -0.137. The van der Waals surface area contributed by atoms with Crippen LogP contribution >= 0.6 is 0 Å². The van der Waals surface area contributed by atoms with Crippen LogP contribution in [0.4, 0.5) is 0 Å². The molecule has 4 heteroatoms. The molecule has 0 saturated carbocycles. The van der Waals surface area contributed by atoms with Gasteiger partial charge in [0.2, 0.25) is 0 Å². The average molecular weight is 247 g/mol. The summed E-state index contributed by atoms with van der Waals surface area (Å²) in [7, 11) is 0. The maximum atomic E-state index is 11.5. The van der Waals surface area contributed by atoms with Crippen molar-refractivity contribution in [3.63, 3.8) is 0 Å². The minimum absolute atomic E-state index is 0.272. The highest BCUT2D eigenvalue weighted by atomic mass is 16.4. The Kier molecular flexibility index (Phi) is 3.65. The van der Waals surface area contributed by atoms with Gasteiger partial charge in [0.05, 0.1) is 0 Å². The van der Waals surface area contributed by atoms with Gasteiger partial charge >= 0.3 is 5.97 Å². The third kappa shape index (κ3) is 2.88. The maximum Gasteiger partial charge on any atom is 0.323 e. The van der Waals surface area contributed by atoms with Crippen LogP contribution in [0.25, 0.3) is 5.57 Å². The van der Waals surface area contributed by atoms with Gasteiger partial charge in [-0.25, -0.2) is 0 Å². The molecule has 0 radical (unpaired) electrons. The van der Waals surface area contributed by atoms with Crippen LogP contribution in [-0.4, -0.2) is 15.6 Å². The van der Waals surface area contributed by atoms with E-state index < -0.39 is 5.97 Å². The summed E-state index contributed by atoms with van der Waals surface area (Å²) in [6, 6.07) is 3.22. The summed E-state index contributed by atoms with van der Waals surface area (Å²) in [6.07, 6.45) is 7.03. The van der Waals surface area contributed by atoms with Gasteiger partial charge in [-0.15, -0.1) is 0 Å². The van der Waals surface area contributed by atoms with Crippen LogP contribution in [0.5, 0.6) is 0 Å². The van der Waals surface area contributed by atoms with Gasteiger partial charge in [-0.1, -0.05) is 13.0 Å². The molecule has 18 heavy (non-hydrogen) atoms. The Balaban J connectivity index is 2.29. The number of aromatic nitrogens is 1. The Hall–Kier alpha value is -1.84. The Bertz CT molecular complexity index is 542. The van der Waals surface area contributed by atoms with Crippen LogP contribution in [0.3, 0.4) is 0 Å². The number of carbonyl (C=O) groups is 1. The predicted octanol–water partition coefficient (Wildman–Crippen LogP) is 2.14. The summed E-state index contributed by atoms with van der Waals surface area (Å²) in [5.41, 5.74) is 1.90. The molecule has 0 aromatic carbocycles. The van der Waals surface area contributed by atoms with E-state index in [2.05, 4.69) is 13.0 Å². The highest BCUT2D eigenvalue weighted by Crippen LogP contribution is 2.29. The molecule has 1 heterocycles. The van der Waals surface area contributed by atoms with Crippen LogP contribution in [-0.2, 0) is 11.3 Å². The van der Waals surface area contributed by atoms with E-state index >= 15 is 0 Å². The fraction of sp³-hybridized carbons (Fsp3) is 0.429. The quantitative estimate of drug-likeness (QED) is 0.890. The van der Waals surface area contributed by atoms with E-state index in [1.54, 1.807) is 12.3 Å². The van der Waals surface area contributed by atoms with E-state index in [9.17, 15) is 9.59 Å². The van der Waals surface area contributed by atoms with Gasteiger partial charge in [0.1, 0.15) is 6.54 Å². The molecule has 96 valence electrons. The standard InChI is InChI=1S/C14H17NO3/c1-10-2-4-11(5-3-10)12-6-7-13(16)15(8-12)9-14(17)18/h4,6-8,10H,2-3,5,9H2,1H3,(H,17,18). The smallest absolute Gasteiger partial charge is 0.323 e. The second kappa shape index (κ2) is 5.21. The zero-order valence-electron chi connectivity index (χ0n) is 10.4. The third-order valence-electron chi connectivity index (χ3n) is 3.33. The predicted molar refractivity (Wildman–Crippen MR) is 69.3 cm³/mol. The Morgan fingerprint density at radius 1 is 1.50 bits per heavy atom. The number of rotatable bonds is 3. The SMILES string of the molecule is CC1CC=C(c2ccc(=O)n(CC(=O)O)c2)CC1. The number of allylic oxidation sites excluding steroid dienone is 2. The van der Waals surface area contributed by atoms with Gasteiger partial charge in [0, 0.05) is 12.3 Å². The van der Waals surface area contributed by atoms with Crippen molar-refractivity contribution in [2.75, 3.05) is 0 Å². The average Bonchev–Trinajstić information content (AvgIpc) is 2.32. The van der Waals surface area contributed by atoms with E-state index in [1.807, 2.05) is 0 Å². The molecule has 4 nitrogen and oxygen atoms in total. The highest BCUT2D eigenvalue weighted by Gasteiger charge is 2.12. The molecule has 1 atom stereocenters. The first-order chi connectivity index (χ1) is 8.56. The molecule has 1 aromatic rings. The van der Waals surface area contributed by atoms with Gasteiger partial charge in [-0.3, -0.25) is 9.59 Å². The number of hydrogen-bond acceptors (Lipinski definition) is 2. The van der Waals surface area contributed by atoms with Crippen molar-refractivity contribution in [2.24, 2.45) is 5.92 Å². The van der Waals surface area contributed by atoms with E-state index in [1.165, 1.54) is 16.2 Å².